The minimum atomic E-state index is -7.32. The molecule has 3 rings (SSSR count). The maximum atomic E-state index is 15.4. The Kier molecular flexibility index (Phi) is 10.1. The van der Waals surface area contributed by atoms with Crippen molar-refractivity contribution >= 4 is 45.8 Å². The van der Waals surface area contributed by atoms with Crippen molar-refractivity contribution in [3.63, 3.8) is 0 Å². The summed E-state index contributed by atoms with van der Waals surface area (Å²) in [6.07, 6.45) is -24.8. The fourth-order valence-electron chi connectivity index (χ4n) is 4.00. The predicted molar refractivity (Wildman–Crippen MR) is 140 cm³/mol. The fraction of sp³-hybridized carbons (Fsp3) is 0.269. The maximum absolute atomic E-state index is 15.4. The van der Waals surface area contributed by atoms with E-state index in [1.807, 2.05) is 0 Å². The lowest BCUT2D eigenvalue weighted by atomic mass is 9.86. The Morgan fingerprint density at radius 1 is 0.792 bits per heavy atom. The van der Waals surface area contributed by atoms with Crippen LogP contribution in [-0.4, -0.2) is 42.1 Å². The van der Waals surface area contributed by atoms with Crippen molar-refractivity contribution in [2.24, 2.45) is 0 Å². The van der Waals surface area contributed by atoms with E-state index in [1.165, 1.54) is 5.32 Å². The van der Waals surface area contributed by atoms with Gasteiger partial charge in [-0.15, -0.1) is 0 Å². The number of alkyl halides is 15. The van der Waals surface area contributed by atoms with Gasteiger partial charge in [0.1, 0.15) is 5.69 Å². The molecule has 0 spiro atoms. The van der Waals surface area contributed by atoms with Crippen molar-refractivity contribution in [1.29, 1.82) is 0 Å². The summed E-state index contributed by atoms with van der Waals surface area (Å²) in [6, 6.07) is 1.90. The van der Waals surface area contributed by atoms with Gasteiger partial charge in [0.05, 0.1) is 28.1 Å². The minimum absolute atomic E-state index is 0.415. The molecule has 0 fully saturated rings. The molecule has 1 N–H and O–H groups in total. The van der Waals surface area contributed by atoms with Crippen LogP contribution in [0.15, 0.2) is 48.7 Å². The molecule has 0 bridgehead atoms. The molecule has 48 heavy (non-hydrogen) atoms. The van der Waals surface area contributed by atoms with Crippen molar-refractivity contribution in [2.75, 3.05) is 17.3 Å². The van der Waals surface area contributed by atoms with E-state index in [0.717, 1.165) is 19.2 Å². The molecule has 22 heteroatoms. The minimum Gasteiger partial charge on any atom is -0.320 e. The molecule has 1 aromatic heterocycles. The zero-order chi connectivity index (χ0) is 37.0. The van der Waals surface area contributed by atoms with Crippen molar-refractivity contribution < 1.29 is 79.8 Å². The third-order valence-electron chi connectivity index (χ3n) is 6.40. The molecular weight excluding hydrogens is 817 g/mol. The number of aromatic nitrogens is 1. The van der Waals surface area contributed by atoms with E-state index in [-0.39, 0.29) is 0 Å². The number of hydrogen-bond acceptors (Lipinski definition) is 3. The second-order valence-corrected chi connectivity index (χ2v) is 10.7. The SMILES string of the molecule is CN(C(=O)c1ccc(C(F)(F)F)nc1)c1cccc(C(=O)Nc2c(I)cc(C(F)(C(F)(F)F)C(F)(F)C(F)(F)F)cc2C(F)(F)F)c1F. The van der Waals surface area contributed by atoms with Crippen molar-refractivity contribution in [2.45, 2.75) is 36.3 Å². The van der Waals surface area contributed by atoms with E-state index in [1.54, 1.807) is 0 Å². The van der Waals surface area contributed by atoms with Gasteiger partial charge in [-0.3, -0.25) is 14.6 Å². The average Bonchev–Trinajstić information content (AvgIpc) is 2.94. The largest absolute Gasteiger partial charge is 0.457 e. The van der Waals surface area contributed by atoms with Gasteiger partial charge in [0.25, 0.3) is 11.8 Å². The van der Waals surface area contributed by atoms with E-state index in [0.29, 0.717) is 51.9 Å². The monoisotopic (exact) mass is 829 g/mol. The number of anilines is 2. The number of hydrogen-bond donors (Lipinski definition) is 1. The molecular formula is C26H12F16IN3O2. The van der Waals surface area contributed by atoms with Crippen LogP contribution in [0.3, 0.4) is 0 Å². The Morgan fingerprint density at radius 3 is 1.83 bits per heavy atom. The van der Waals surface area contributed by atoms with Gasteiger partial charge in [0.2, 0.25) is 0 Å². The normalized spacial score (nSPS) is 14.4. The number of nitrogens with one attached hydrogen (secondary N) is 1. The molecule has 2 amide bonds. The van der Waals surface area contributed by atoms with Crippen LogP contribution in [0.2, 0.25) is 0 Å². The first kappa shape index (κ1) is 38.6. The zero-order valence-corrected chi connectivity index (χ0v) is 24.9. The molecule has 1 heterocycles. The van der Waals surface area contributed by atoms with Crippen molar-refractivity contribution in [3.8, 4) is 0 Å². The number of amides is 2. The summed E-state index contributed by atoms with van der Waals surface area (Å²) in [5.41, 5.74) is -17.6. The molecule has 0 aliphatic rings. The van der Waals surface area contributed by atoms with E-state index in [2.05, 4.69) is 4.98 Å². The van der Waals surface area contributed by atoms with Crippen LogP contribution >= 0.6 is 22.6 Å². The van der Waals surface area contributed by atoms with E-state index >= 15 is 4.39 Å². The Bertz CT molecular complexity index is 1720. The lowest BCUT2D eigenvalue weighted by Gasteiger charge is -2.36. The Balaban J connectivity index is 2.08. The molecule has 0 aliphatic heterocycles. The summed E-state index contributed by atoms with van der Waals surface area (Å²) >= 11 is 0.672. The first-order valence-electron chi connectivity index (χ1n) is 12.1. The number of rotatable bonds is 6. The molecule has 0 saturated carbocycles. The van der Waals surface area contributed by atoms with Gasteiger partial charge in [-0.1, -0.05) is 6.07 Å². The summed E-state index contributed by atoms with van der Waals surface area (Å²) < 4.78 is 216. The second-order valence-electron chi connectivity index (χ2n) is 9.49. The van der Waals surface area contributed by atoms with Crippen LogP contribution in [0.1, 0.15) is 37.5 Å². The number of carbonyl (C=O) groups is 2. The number of nitrogens with zero attached hydrogens (tertiary/aromatic N) is 2. The molecule has 0 saturated heterocycles. The van der Waals surface area contributed by atoms with Gasteiger partial charge in [-0.25, -0.2) is 8.78 Å². The third-order valence-corrected chi connectivity index (χ3v) is 7.25. The molecule has 1 unspecified atom stereocenters. The van der Waals surface area contributed by atoms with Crippen LogP contribution in [-0.2, 0) is 18.0 Å². The Hall–Kier alpha value is -3.86. The lowest BCUT2D eigenvalue weighted by molar-refractivity contribution is -0.389. The summed E-state index contributed by atoms with van der Waals surface area (Å²) in [5, 5.41) is 1.44. The maximum Gasteiger partial charge on any atom is 0.457 e. The topological polar surface area (TPSA) is 62.3 Å². The number of carbonyl (C=O) groups excluding carboxylic acids is 2. The quantitative estimate of drug-likeness (QED) is 0.199. The first-order chi connectivity index (χ1) is 21.6. The summed E-state index contributed by atoms with van der Waals surface area (Å²) in [4.78, 5) is 29.1. The van der Waals surface area contributed by atoms with Gasteiger partial charge < -0.3 is 10.2 Å². The number of pyridine rings is 1. The van der Waals surface area contributed by atoms with E-state index in [9.17, 15) is 75.4 Å². The Labute approximate surface area is 270 Å². The summed E-state index contributed by atoms with van der Waals surface area (Å²) in [6.45, 7) is 0. The highest BCUT2D eigenvalue weighted by atomic mass is 127. The molecule has 0 aliphatic carbocycles. The van der Waals surface area contributed by atoms with Gasteiger partial charge in [0.15, 0.2) is 5.82 Å². The zero-order valence-electron chi connectivity index (χ0n) is 22.8. The number of halogens is 17. The lowest BCUT2D eigenvalue weighted by Crippen LogP contribution is -2.59. The predicted octanol–water partition coefficient (Wildman–Crippen LogP) is 9.32. The fourth-order valence-corrected chi connectivity index (χ4v) is 4.76. The molecule has 1 atom stereocenters. The van der Waals surface area contributed by atoms with Crippen LogP contribution in [0.5, 0.6) is 0 Å². The molecule has 3 aromatic rings. The first-order valence-corrected chi connectivity index (χ1v) is 13.2. The van der Waals surface area contributed by atoms with Crippen molar-refractivity contribution in [3.05, 3.63) is 86.0 Å². The molecule has 0 radical (unpaired) electrons. The van der Waals surface area contributed by atoms with E-state index < -0.39 is 109 Å². The smallest absolute Gasteiger partial charge is 0.320 e. The molecule has 262 valence electrons. The second kappa shape index (κ2) is 12.5. The third kappa shape index (κ3) is 6.97. The summed E-state index contributed by atoms with van der Waals surface area (Å²) in [5.74, 6) is -12.0. The van der Waals surface area contributed by atoms with Gasteiger partial charge in [0, 0.05) is 22.4 Å². The van der Waals surface area contributed by atoms with Crippen LogP contribution < -0.4 is 10.2 Å². The molecule has 2 aromatic carbocycles. The highest BCUT2D eigenvalue weighted by Gasteiger charge is 2.82. The van der Waals surface area contributed by atoms with E-state index in [4.69, 9.17) is 0 Å². The van der Waals surface area contributed by atoms with Gasteiger partial charge >= 0.3 is 36.3 Å². The highest BCUT2D eigenvalue weighted by Crippen LogP contribution is 2.59. The van der Waals surface area contributed by atoms with Crippen LogP contribution in [0.4, 0.5) is 81.6 Å². The number of benzene rings is 2. The standard InChI is InChI=1S/C26H12F16IN3O2/c1-46(20(48)10-5-6-16(44-9-10)23(32,33)34)15-4-2-3-12(17(15)27)19(47)45-18-13(22(29,30)31)7-11(8-14(18)43)21(28,25(37,38)39)24(35,36)26(40,41)42/h2-9H,1H3,(H,45,47). The van der Waals surface area contributed by atoms with Crippen LogP contribution in [0.25, 0.3) is 0 Å². The summed E-state index contributed by atoms with van der Waals surface area (Å²) in [7, 11) is 0.865. The van der Waals surface area contributed by atoms with Gasteiger partial charge in [-0.05, 0) is 59.0 Å². The van der Waals surface area contributed by atoms with Gasteiger partial charge in [-0.2, -0.15) is 61.5 Å². The highest BCUT2D eigenvalue weighted by molar-refractivity contribution is 14.1. The average molecular weight is 829 g/mol. The van der Waals surface area contributed by atoms with Crippen molar-refractivity contribution in [1.82, 2.24) is 4.98 Å². The van der Waals surface area contributed by atoms with Crippen LogP contribution in [0, 0.1) is 9.39 Å². The Morgan fingerprint density at radius 2 is 1.38 bits per heavy atom. The molecule has 5 nitrogen and oxygen atoms in total.